The fraction of sp³-hybridized carbons (Fsp3) is 0.235. The SMILES string of the molecule is COC(=O)c1ccc(CN(C)Cc2cccc(Cl)c2)cc1. The molecule has 21 heavy (non-hydrogen) atoms. The number of esters is 1. The molecule has 0 unspecified atom stereocenters. The highest BCUT2D eigenvalue weighted by Gasteiger charge is 2.06. The minimum Gasteiger partial charge on any atom is -0.465 e. The van der Waals surface area contributed by atoms with E-state index in [1.54, 1.807) is 12.1 Å². The molecule has 0 bridgehead atoms. The van der Waals surface area contributed by atoms with Crippen molar-refractivity contribution in [2.75, 3.05) is 14.2 Å². The number of benzene rings is 2. The van der Waals surface area contributed by atoms with Gasteiger partial charge in [0, 0.05) is 18.1 Å². The molecular formula is C17H18ClNO2. The number of hydrogen-bond acceptors (Lipinski definition) is 3. The maximum atomic E-state index is 11.4. The Morgan fingerprint density at radius 3 is 2.38 bits per heavy atom. The molecule has 0 saturated carbocycles. The number of halogens is 1. The lowest BCUT2D eigenvalue weighted by Crippen LogP contribution is -2.17. The minimum absolute atomic E-state index is 0.311. The van der Waals surface area contributed by atoms with Crippen molar-refractivity contribution in [3.8, 4) is 0 Å². The van der Waals surface area contributed by atoms with Crippen LogP contribution < -0.4 is 0 Å². The topological polar surface area (TPSA) is 29.5 Å². The molecule has 0 atom stereocenters. The van der Waals surface area contributed by atoms with Gasteiger partial charge in [0.2, 0.25) is 0 Å². The lowest BCUT2D eigenvalue weighted by atomic mass is 10.1. The minimum atomic E-state index is -0.311. The van der Waals surface area contributed by atoms with Gasteiger partial charge in [0.05, 0.1) is 12.7 Å². The van der Waals surface area contributed by atoms with E-state index in [1.807, 2.05) is 30.3 Å². The first-order valence-corrected chi connectivity index (χ1v) is 7.06. The Hall–Kier alpha value is -1.84. The van der Waals surface area contributed by atoms with Crippen LogP contribution in [0.2, 0.25) is 5.02 Å². The second-order valence-corrected chi connectivity index (χ2v) is 5.43. The third-order valence-corrected chi connectivity index (χ3v) is 3.40. The zero-order valence-electron chi connectivity index (χ0n) is 12.2. The van der Waals surface area contributed by atoms with Crippen LogP contribution in [0.15, 0.2) is 48.5 Å². The van der Waals surface area contributed by atoms with Gasteiger partial charge in [-0.15, -0.1) is 0 Å². The average molecular weight is 304 g/mol. The molecule has 0 spiro atoms. The number of methoxy groups -OCH3 is 1. The summed E-state index contributed by atoms with van der Waals surface area (Å²) >= 11 is 5.99. The Labute approximate surface area is 130 Å². The summed E-state index contributed by atoms with van der Waals surface area (Å²) < 4.78 is 4.69. The second-order valence-electron chi connectivity index (χ2n) is 4.99. The van der Waals surface area contributed by atoms with E-state index >= 15 is 0 Å². The Bertz CT molecular complexity index is 610. The molecule has 2 aromatic carbocycles. The number of hydrogen-bond donors (Lipinski definition) is 0. The lowest BCUT2D eigenvalue weighted by Gasteiger charge is -2.17. The van der Waals surface area contributed by atoms with Crippen molar-refractivity contribution in [1.29, 1.82) is 0 Å². The standard InChI is InChI=1S/C17H18ClNO2/c1-19(12-14-4-3-5-16(18)10-14)11-13-6-8-15(9-7-13)17(20)21-2/h3-10H,11-12H2,1-2H3. The van der Waals surface area contributed by atoms with Crippen molar-refractivity contribution in [3.63, 3.8) is 0 Å². The molecule has 110 valence electrons. The summed E-state index contributed by atoms with van der Waals surface area (Å²) in [7, 11) is 3.43. The number of carbonyl (C=O) groups excluding carboxylic acids is 1. The van der Waals surface area contributed by atoms with Crippen LogP contribution in [-0.2, 0) is 17.8 Å². The molecule has 0 aromatic heterocycles. The first kappa shape index (κ1) is 15.5. The van der Waals surface area contributed by atoms with Crippen LogP contribution in [0.1, 0.15) is 21.5 Å². The van der Waals surface area contributed by atoms with Crippen LogP contribution in [0.4, 0.5) is 0 Å². The average Bonchev–Trinajstić information content (AvgIpc) is 2.47. The van der Waals surface area contributed by atoms with Gasteiger partial charge in [-0.1, -0.05) is 35.9 Å². The summed E-state index contributed by atoms with van der Waals surface area (Å²) in [6.07, 6.45) is 0. The predicted octanol–water partition coefficient (Wildman–Crippen LogP) is 3.76. The Morgan fingerprint density at radius 2 is 1.76 bits per heavy atom. The zero-order chi connectivity index (χ0) is 15.2. The molecule has 3 nitrogen and oxygen atoms in total. The van der Waals surface area contributed by atoms with Crippen LogP contribution in [0.25, 0.3) is 0 Å². The molecule has 0 heterocycles. The highest BCUT2D eigenvalue weighted by atomic mass is 35.5. The Morgan fingerprint density at radius 1 is 1.10 bits per heavy atom. The van der Waals surface area contributed by atoms with E-state index in [0.717, 1.165) is 23.7 Å². The van der Waals surface area contributed by atoms with Crippen molar-refractivity contribution in [2.24, 2.45) is 0 Å². The molecule has 0 amide bonds. The third kappa shape index (κ3) is 4.59. The molecule has 0 aliphatic heterocycles. The fourth-order valence-corrected chi connectivity index (χ4v) is 2.39. The second kappa shape index (κ2) is 7.25. The molecule has 0 fully saturated rings. The van der Waals surface area contributed by atoms with Gasteiger partial charge in [0.1, 0.15) is 0 Å². The summed E-state index contributed by atoms with van der Waals surface area (Å²) in [5.41, 5.74) is 2.89. The molecule has 2 rings (SSSR count). The summed E-state index contributed by atoms with van der Waals surface area (Å²) in [6.45, 7) is 1.62. The van der Waals surface area contributed by atoms with Gasteiger partial charge in [-0.05, 0) is 42.4 Å². The van der Waals surface area contributed by atoms with Gasteiger partial charge in [0.15, 0.2) is 0 Å². The van der Waals surface area contributed by atoms with Crippen molar-refractivity contribution in [2.45, 2.75) is 13.1 Å². The molecule has 0 N–H and O–H groups in total. The van der Waals surface area contributed by atoms with Gasteiger partial charge in [-0.25, -0.2) is 4.79 Å². The third-order valence-electron chi connectivity index (χ3n) is 3.17. The van der Waals surface area contributed by atoms with Crippen molar-refractivity contribution in [1.82, 2.24) is 4.90 Å². The smallest absolute Gasteiger partial charge is 0.337 e. The van der Waals surface area contributed by atoms with Crippen molar-refractivity contribution in [3.05, 3.63) is 70.2 Å². The fourth-order valence-electron chi connectivity index (χ4n) is 2.18. The molecule has 0 radical (unpaired) electrons. The maximum Gasteiger partial charge on any atom is 0.337 e. The van der Waals surface area contributed by atoms with Gasteiger partial charge >= 0.3 is 5.97 Å². The van der Waals surface area contributed by atoms with Crippen LogP contribution in [0, 0.1) is 0 Å². The zero-order valence-corrected chi connectivity index (χ0v) is 12.9. The molecular weight excluding hydrogens is 286 g/mol. The molecule has 0 aliphatic carbocycles. The van der Waals surface area contributed by atoms with E-state index in [9.17, 15) is 4.79 Å². The normalized spacial score (nSPS) is 10.7. The van der Waals surface area contributed by atoms with E-state index in [2.05, 4.69) is 22.8 Å². The van der Waals surface area contributed by atoms with Crippen LogP contribution >= 0.6 is 11.6 Å². The van der Waals surface area contributed by atoms with Gasteiger partial charge in [-0.2, -0.15) is 0 Å². The molecule has 0 saturated heterocycles. The summed E-state index contributed by atoms with van der Waals surface area (Å²) in [5.74, 6) is -0.311. The Kier molecular flexibility index (Phi) is 5.37. The molecule has 0 aliphatic rings. The van der Waals surface area contributed by atoms with Gasteiger partial charge in [-0.3, -0.25) is 4.90 Å². The van der Waals surface area contributed by atoms with Crippen molar-refractivity contribution < 1.29 is 9.53 Å². The van der Waals surface area contributed by atoms with Crippen LogP contribution in [0.5, 0.6) is 0 Å². The van der Waals surface area contributed by atoms with E-state index in [1.165, 1.54) is 12.7 Å². The highest BCUT2D eigenvalue weighted by Crippen LogP contribution is 2.14. The summed E-state index contributed by atoms with van der Waals surface area (Å²) in [5, 5.41) is 0.753. The van der Waals surface area contributed by atoms with Gasteiger partial charge < -0.3 is 4.74 Å². The van der Waals surface area contributed by atoms with Crippen LogP contribution in [-0.4, -0.2) is 25.0 Å². The largest absolute Gasteiger partial charge is 0.465 e. The quantitative estimate of drug-likeness (QED) is 0.788. The van der Waals surface area contributed by atoms with E-state index < -0.39 is 0 Å². The number of ether oxygens (including phenoxy) is 1. The molecule has 2 aromatic rings. The number of rotatable bonds is 5. The van der Waals surface area contributed by atoms with Crippen molar-refractivity contribution >= 4 is 17.6 Å². The number of carbonyl (C=O) groups is 1. The maximum absolute atomic E-state index is 11.4. The summed E-state index contributed by atoms with van der Waals surface area (Å²) in [4.78, 5) is 13.6. The number of nitrogens with zero attached hydrogens (tertiary/aromatic N) is 1. The lowest BCUT2D eigenvalue weighted by molar-refractivity contribution is 0.0600. The first-order chi connectivity index (χ1) is 10.1. The van der Waals surface area contributed by atoms with Gasteiger partial charge in [0.25, 0.3) is 0 Å². The monoisotopic (exact) mass is 303 g/mol. The van der Waals surface area contributed by atoms with E-state index in [4.69, 9.17) is 11.6 Å². The van der Waals surface area contributed by atoms with E-state index in [-0.39, 0.29) is 5.97 Å². The Balaban J connectivity index is 1.96. The van der Waals surface area contributed by atoms with Crippen LogP contribution in [0.3, 0.4) is 0 Å². The summed E-state index contributed by atoms with van der Waals surface area (Å²) in [6, 6.07) is 15.3. The highest BCUT2D eigenvalue weighted by molar-refractivity contribution is 6.30. The first-order valence-electron chi connectivity index (χ1n) is 6.68. The predicted molar refractivity (Wildman–Crippen MR) is 84.4 cm³/mol. The molecule has 4 heteroatoms. The van der Waals surface area contributed by atoms with E-state index in [0.29, 0.717) is 5.56 Å².